The van der Waals surface area contributed by atoms with Crippen molar-refractivity contribution in [1.29, 1.82) is 0 Å². The predicted molar refractivity (Wildman–Crippen MR) is 102 cm³/mol. The van der Waals surface area contributed by atoms with Crippen molar-refractivity contribution in [2.45, 2.75) is 52.7 Å². The third-order valence-corrected chi connectivity index (χ3v) is 6.02. The molecule has 132 valence electrons. The summed E-state index contributed by atoms with van der Waals surface area (Å²) in [5, 5.41) is 4.25. The molecule has 0 aromatic carbocycles. The molecule has 0 saturated heterocycles. The molecular formula is C17H25N3O2S2. The fraction of sp³-hybridized carbons (Fsp3) is 0.588. The van der Waals surface area contributed by atoms with E-state index < -0.39 is 0 Å². The van der Waals surface area contributed by atoms with E-state index in [9.17, 15) is 9.59 Å². The van der Waals surface area contributed by atoms with Crippen LogP contribution in [0, 0.1) is 19.8 Å². The van der Waals surface area contributed by atoms with E-state index in [1.165, 1.54) is 23.1 Å². The van der Waals surface area contributed by atoms with Crippen molar-refractivity contribution in [2.24, 2.45) is 5.92 Å². The van der Waals surface area contributed by atoms with Crippen LogP contribution in [0.5, 0.6) is 0 Å². The van der Waals surface area contributed by atoms with E-state index in [1.807, 2.05) is 20.8 Å². The Balaban J connectivity index is 2.17. The standard InChI is InChI=1S/C17H25N3O2S2/c1-6-20-16(22)14-11(4)12(5)24-15(14)19-17(20)23-9-13(21)18-8-7-10(2)3/h10H,6-9H2,1-5H3,(H,18,21). The van der Waals surface area contributed by atoms with Crippen LogP contribution in [0.4, 0.5) is 0 Å². The fourth-order valence-electron chi connectivity index (χ4n) is 2.38. The largest absolute Gasteiger partial charge is 0.355 e. The molecule has 1 N–H and O–H groups in total. The predicted octanol–water partition coefficient (Wildman–Crippen LogP) is 3.35. The van der Waals surface area contributed by atoms with Gasteiger partial charge in [-0.2, -0.15) is 0 Å². The van der Waals surface area contributed by atoms with E-state index >= 15 is 0 Å². The van der Waals surface area contributed by atoms with Crippen LogP contribution in [0.25, 0.3) is 10.2 Å². The van der Waals surface area contributed by atoms with E-state index in [1.54, 1.807) is 4.57 Å². The van der Waals surface area contributed by atoms with Gasteiger partial charge in [-0.05, 0) is 38.7 Å². The number of nitrogens with one attached hydrogen (secondary N) is 1. The molecule has 7 heteroatoms. The van der Waals surface area contributed by atoms with E-state index in [-0.39, 0.29) is 17.2 Å². The lowest BCUT2D eigenvalue weighted by molar-refractivity contribution is -0.118. The average Bonchev–Trinajstić information content (AvgIpc) is 2.80. The van der Waals surface area contributed by atoms with Crippen LogP contribution in [-0.4, -0.2) is 27.8 Å². The molecular weight excluding hydrogens is 342 g/mol. The SMILES string of the molecule is CCn1c(SCC(=O)NCCC(C)C)nc2sc(C)c(C)c2c1=O. The lowest BCUT2D eigenvalue weighted by Crippen LogP contribution is -2.28. The second kappa shape index (κ2) is 8.16. The normalized spacial score (nSPS) is 11.4. The molecule has 0 spiro atoms. The molecule has 1 amide bonds. The van der Waals surface area contributed by atoms with Crippen molar-refractivity contribution in [3.05, 3.63) is 20.8 Å². The summed E-state index contributed by atoms with van der Waals surface area (Å²) in [7, 11) is 0. The van der Waals surface area contributed by atoms with E-state index in [2.05, 4.69) is 24.1 Å². The average molecular weight is 368 g/mol. The zero-order chi connectivity index (χ0) is 17.9. The monoisotopic (exact) mass is 367 g/mol. The summed E-state index contributed by atoms with van der Waals surface area (Å²) in [5.41, 5.74) is 1.00. The highest BCUT2D eigenvalue weighted by Gasteiger charge is 2.16. The van der Waals surface area contributed by atoms with Gasteiger partial charge in [0.15, 0.2) is 5.16 Å². The molecule has 2 aromatic rings. The maximum absolute atomic E-state index is 12.7. The molecule has 0 radical (unpaired) electrons. The molecule has 24 heavy (non-hydrogen) atoms. The highest BCUT2D eigenvalue weighted by atomic mass is 32.2. The lowest BCUT2D eigenvalue weighted by atomic mass is 10.1. The van der Waals surface area contributed by atoms with Gasteiger partial charge in [-0.15, -0.1) is 11.3 Å². The Morgan fingerprint density at radius 2 is 2.08 bits per heavy atom. The third kappa shape index (κ3) is 4.19. The highest BCUT2D eigenvalue weighted by molar-refractivity contribution is 7.99. The smallest absolute Gasteiger partial charge is 0.263 e. The fourth-order valence-corrected chi connectivity index (χ4v) is 4.34. The number of thiophene rings is 1. The van der Waals surface area contributed by atoms with Crippen LogP contribution in [0.15, 0.2) is 9.95 Å². The number of hydrogen-bond donors (Lipinski definition) is 1. The summed E-state index contributed by atoms with van der Waals surface area (Å²) < 4.78 is 1.66. The van der Waals surface area contributed by atoms with Crippen molar-refractivity contribution < 1.29 is 4.79 Å². The molecule has 2 aromatic heterocycles. The second-order valence-corrected chi connectivity index (χ2v) is 8.37. The van der Waals surface area contributed by atoms with Crippen molar-refractivity contribution in [1.82, 2.24) is 14.9 Å². The van der Waals surface area contributed by atoms with E-state index in [0.29, 0.717) is 29.6 Å². The van der Waals surface area contributed by atoms with Crippen LogP contribution in [0.3, 0.4) is 0 Å². The minimum Gasteiger partial charge on any atom is -0.355 e. The number of amides is 1. The zero-order valence-corrected chi connectivity index (χ0v) is 16.6. The van der Waals surface area contributed by atoms with E-state index in [0.717, 1.165) is 21.7 Å². The number of nitrogens with zero attached hydrogens (tertiary/aromatic N) is 2. The van der Waals surface area contributed by atoms with Crippen LogP contribution in [0.2, 0.25) is 0 Å². The van der Waals surface area contributed by atoms with Crippen molar-refractivity contribution in [3.63, 3.8) is 0 Å². The van der Waals surface area contributed by atoms with Crippen molar-refractivity contribution >= 4 is 39.2 Å². The van der Waals surface area contributed by atoms with Crippen LogP contribution >= 0.6 is 23.1 Å². The van der Waals surface area contributed by atoms with Crippen LogP contribution in [0.1, 0.15) is 37.6 Å². The summed E-state index contributed by atoms with van der Waals surface area (Å²) in [5.74, 6) is 0.827. The van der Waals surface area contributed by atoms with Gasteiger partial charge in [-0.1, -0.05) is 25.6 Å². The maximum Gasteiger partial charge on any atom is 0.263 e. The number of aryl methyl sites for hydroxylation is 2. The van der Waals surface area contributed by atoms with Crippen molar-refractivity contribution in [2.75, 3.05) is 12.3 Å². The number of carbonyl (C=O) groups is 1. The molecule has 0 atom stereocenters. The first kappa shape index (κ1) is 19.0. The Labute approximate surface area is 150 Å². The minimum absolute atomic E-state index is 0.00735. The molecule has 0 aliphatic rings. The highest BCUT2D eigenvalue weighted by Crippen LogP contribution is 2.28. The summed E-state index contributed by atoms with van der Waals surface area (Å²) in [6, 6.07) is 0. The second-order valence-electron chi connectivity index (χ2n) is 6.23. The van der Waals surface area contributed by atoms with Gasteiger partial charge in [-0.25, -0.2) is 4.98 Å². The van der Waals surface area contributed by atoms with Crippen LogP contribution < -0.4 is 10.9 Å². The Bertz CT molecular complexity index is 793. The zero-order valence-electron chi connectivity index (χ0n) is 14.9. The topological polar surface area (TPSA) is 64.0 Å². The van der Waals surface area contributed by atoms with Gasteiger partial charge in [0, 0.05) is 18.0 Å². The molecule has 2 heterocycles. The van der Waals surface area contributed by atoms with Gasteiger partial charge in [0.1, 0.15) is 4.83 Å². The quantitative estimate of drug-likeness (QED) is 0.602. The molecule has 2 rings (SSSR count). The van der Waals surface area contributed by atoms with Gasteiger partial charge in [-0.3, -0.25) is 14.2 Å². The number of fused-ring (bicyclic) bond motifs is 1. The molecule has 0 aliphatic carbocycles. The number of rotatable bonds is 7. The van der Waals surface area contributed by atoms with Crippen molar-refractivity contribution in [3.8, 4) is 0 Å². The van der Waals surface area contributed by atoms with Gasteiger partial charge < -0.3 is 5.32 Å². The molecule has 0 aliphatic heterocycles. The first-order valence-corrected chi connectivity index (χ1v) is 10.0. The number of aromatic nitrogens is 2. The molecule has 5 nitrogen and oxygen atoms in total. The van der Waals surface area contributed by atoms with Gasteiger partial charge in [0.2, 0.25) is 5.91 Å². The van der Waals surface area contributed by atoms with Gasteiger partial charge in [0.05, 0.1) is 11.1 Å². The van der Waals surface area contributed by atoms with Gasteiger partial charge >= 0.3 is 0 Å². The minimum atomic E-state index is -0.0174. The summed E-state index contributed by atoms with van der Waals surface area (Å²) in [4.78, 5) is 31.2. The van der Waals surface area contributed by atoms with Gasteiger partial charge in [0.25, 0.3) is 5.56 Å². The molecule has 0 bridgehead atoms. The Kier molecular flexibility index (Phi) is 6.46. The third-order valence-electron chi connectivity index (χ3n) is 3.95. The summed E-state index contributed by atoms with van der Waals surface area (Å²) >= 11 is 2.87. The maximum atomic E-state index is 12.7. The molecule has 0 saturated carbocycles. The molecule has 0 fully saturated rings. The molecule has 0 unspecified atom stereocenters. The first-order chi connectivity index (χ1) is 11.3. The first-order valence-electron chi connectivity index (χ1n) is 8.25. The van der Waals surface area contributed by atoms with Crippen LogP contribution in [-0.2, 0) is 11.3 Å². The Morgan fingerprint density at radius 1 is 1.38 bits per heavy atom. The Morgan fingerprint density at radius 3 is 2.71 bits per heavy atom. The Hall–Kier alpha value is -1.34. The number of thioether (sulfide) groups is 1. The summed E-state index contributed by atoms with van der Waals surface area (Å²) in [6.07, 6.45) is 0.966. The number of hydrogen-bond acceptors (Lipinski definition) is 5. The lowest BCUT2D eigenvalue weighted by Gasteiger charge is -2.10. The van der Waals surface area contributed by atoms with E-state index in [4.69, 9.17) is 0 Å². The summed E-state index contributed by atoms with van der Waals surface area (Å²) in [6.45, 7) is 11.4. The number of carbonyl (C=O) groups excluding carboxylic acids is 1.